The minimum absolute atomic E-state index is 0.0423. The highest BCUT2D eigenvalue weighted by atomic mass is 16.1. The quantitative estimate of drug-likeness (QED) is 0.740. The van der Waals surface area contributed by atoms with Crippen molar-refractivity contribution in [2.45, 2.75) is 19.4 Å². The lowest BCUT2D eigenvalue weighted by Crippen LogP contribution is -2.28. The Morgan fingerprint density at radius 2 is 2.06 bits per heavy atom. The SMILES string of the molecule is C=C(C)CNC(=O)CC(N)c1ccccc1. The molecule has 0 aliphatic rings. The lowest BCUT2D eigenvalue weighted by molar-refractivity contribution is -0.121. The topological polar surface area (TPSA) is 55.1 Å². The summed E-state index contributed by atoms with van der Waals surface area (Å²) < 4.78 is 0. The van der Waals surface area contributed by atoms with Crippen LogP contribution in [0.25, 0.3) is 0 Å². The Balaban J connectivity index is 2.43. The van der Waals surface area contributed by atoms with Crippen LogP contribution < -0.4 is 11.1 Å². The number of amides is 1. The lowest BCUT2D eigenvalue weighted by Gasteiger charge is -2.11. The molecule has 3 nitrogen and oxygen atoms in total. The molecule has 0 aliphatic heterocycles. The number of hydrogen-bond acceptors (Lipinski definition) is 2. The summed E-state index contributed by atoms with van der Waals surface area (Å²) in [6.45, 7) is 6.11. The molecule has 1 amide bonds. The maximum absolute atomic E-state index is 11.5. The Bertz CT molecular complexity index is 359. The first-order chi connectivity index (χ1) is 7.59. The molecule has 3 heteroatoms. The van der Waals surface area contributed by atoms with Gasteiger partial charge >= 0.3 is 0 Å². The fourth-order valence-corrected chi connectivity index (χ4v) is 1.34. The normalized spacial score (nSPS) is 11.9. The molecule has 16 heavy (non-hydrogen) atoms. The monoisotopic (exact) mass is 218 g/mol. The Morgan fingerprint density at radius 1 is 1.44 bits per heavy atom. The smallest absolute Gasteiger partial charge is 0.222 e. The second-order valence-corrected chi connectivity index (χ2v) is 3.96. The summed E-state index contributed by atoms with van der Waals surface area (Å²) in [6, 6.07) is 9.37. The second kappa shape index (κ2) is 6.08. The molecule has 0 fully saturated rings. The van der Waals surface area contributed by atoms with Gasteiger partial charge in [0.15, 0.2) is 0 Å². The maximum Gasteiger partial charge on any atom is 0.222 e. The number of carbonyl (C=O) groups excluding carboxylic acids is 1. The molecular formula is C13H18N2O. The van der Waals surface area contributed by atoms with Gasteiger partial charge in [-0.1, -0.05) is 42.5 Å². The summed E-state index contributed by atoms with van der Waals surface area (Å²) in [5, 5.41) is 2.76. The first-order valence-corrected chi connectivity index (χ1v) is 5.31. The minimum atomic E-state index is -0.244. The van der Waals surface area contributed by atoms with Gasteiger partial charge in [-0.2, -0.15) is 0 Å². The van der Waals surface area contributed by atoms with E-state index < -0.39 is 0 Å². The highest BCUT2D eigenvalue weighted by Gasteiger charge is 2.10. The van der Waals surface area contributed by atoms with Gasteiger partial charge in [-0.3, -0.25) is 4.79 Å². The van der Waals surface area contributed by atoms with Gasteiger partial charge in [0.05, 0.1) is 0 Å². The second-order valence-electron chi connectivity index (χ2n) is 3.96. The van der Waals surface area contributed by atoms with Gasteiger partial charge in [-0.15, -0.1) is 0 Å². The van der Waals surface area contributed by atoms with Crippen molar-refractivity contribution in [3.05, 3.63) is 48.0 Å². The molecule has 86 valence electrons. The molecule has 0 saturated carbocycles. The van der Waals surface area contributed by atoms with E-state index in [2.05, 4.69) is 11.9 Å². The van der Waals surface area contributed by atoms with Gasteiger partial charge in [0, 0.05) is 19.0 Å². The average Bonchev–Trinajstić information content (AvgIpc) is 2.27. The summed E-state index contributed by atoms with van der Waals surface area (Å²) in [6.07, 6.45) is 0.303. The van der Waals surface area contributed by atoms with Crippen molar-refractivity contribution >= 4 is 5.91 Å². The summed E-state index contributed by atoms with van der Waals surface area (Å²) in [5.74, 6) is -0.0423. The van der Waals surface area contributed by atoms with E-state index in [1.807, 2.05) is 37.3 Å². The zero-order chi connectivity index (χ0) is 12.0. The predicted molar refractivity (Wildman–Crippen MR) is 65.8 cm³/mol. The number of nitrogens with two attached hydrogens (primary N) is 1. The van der Waals surface area contributed by atoms with Crippen molar-refractivity contribution in [1.29, 1.82) is 0 Å². The van der Waals surface area contributed by atoms with Crippen LogP contribution in [0.4, 0.5) is 0 Å². The van der Waals surface area contributed by atoms with Gasteiger partial charge in [0.1, 0.15) is 0 Å². The van der Waals surface area contributed by atoms with Crippen molar-refractivity contribution in [2.75, 3.05) is 6.54 Å². The molecule has 1 atom stereocenters. The minimum Gasteiger partial charge on any atom is -0.352 e. The summed E-state index contributed by atoms with van der Waals surface area (Å²) in [7, 11) is 0. The molecular weight excluding hydrogens is 200 g/mol. The largest absolute Gasteiger partial charge is 0.352 e. The zero-order valence-corrected chi connectivity index (χ0v) is 9.57. The van der Waals surface area contributed by atoms with E-state index in [-0.39, 0.29) is 11.9 Å². The number of rotatable bonds is 5. The molecule has 1 aromatic carbocycles. The first-order valence-electron chi connectivity index (χ1n) is 5.31. The molecule has 0 bridgehead atoms. The molecule has 1 rings (SSSR count). The van der Waals surface area contributed by atoms with Crippen LogP contribution in [0.2, 0.25) is 0 Å². The van der Waals surface area contributed by atoms with Crippen LogP contribution in [0, 0.1) is 0 Å². The highest BCUT2D eigenvalue weighted by Crippen LogP contribution is 2.12. The van der Waals surface area contributed by atoms with Gasteiger partial charge in [-0.25, -0.2) is 0 Å². The van der Waals surface area contributed by atoms with E-state index in [0.29, 0.717) is 13.0 Å². The zero-order valence-electron chi connectivity index (χ0n) is 9.57. The Labute approximate surface area is 96.3 Å². The van der Waals surface area contributed by atoms with Crippen LogP contribution in [0.5, 0.6) is 0 Å². The maximum atomic E-state index is 11.5. The van der Waals surface area contributed by atoms with Crippen molar-refractivity contribution in [3.63, 3.8) is 0 Å². The number of carbonyl (C=O) groups is 1. The molecule has 0 aromatic heterocycles. The van der Waals surface area contributed by atoms with E-state index in [1.165, 1.54) is 0 Å². The predicted octanol–water partition coefficient (Wildman–Crippen LogP) is 1.77. The van der Waals surface area contributed by atoms with Gasteiger partial charge in [0.25, 0.3) is 0 Å². The van der Waals surface area contributed by atoms with Crippen molar-refractivity contribution in [1.82, 2.24) is 5.32 Å². The molecule has 1 aromatic rings. The first kappa shape index (κ1) is 12.5. The van der Waals surface area contributed by atoms with E-state index in [9.17, 15) is 4.79 Å². The third kappa shape index (κ3) is 4.28. The summed E-state index contributed by atoms with van der Waals surface area (Å²) in [4.78, 5) is 11.5. The van der Waals surface area contributed by atoms with E-state index in [4.69, 9.17) is 5.73 Å². The molecule has 0 radical (unpaired) electrons. The standard InChI is InChI=1S/C13H18N2O/c1-10(2)9-15-13(16)8-12(14)11-6-4-3-5-7-11/h3-7,12H,1,8-9,14H2,2H3,(H,15,16). The van der Waals surface area contributed by atoms with Crippen LogP contribution in [0.1, 0.15) is 24.9 Å². The van der Waals surface area contributed by atoms with Gasteiger partial charge in [0.2, 0.25) is 5.91 Å². The highest BCUT2D eigenvalue weighted by molar-refractivity contribution is 5.77. The number of benzene rings is 1. The Kier molecular flexibility index (Phi) is 4.73. The number of hydrogen-bond donors (Lipinski definition) is 2. The van der Waals surface area contributed by atoms with Crippen LogP contribution >= 0.6 is 0 Å². The van der Waals surface area contributed by atoms with Crippen molar-refractivity contribution in [3.8, 4) is 0 Å². The summed E-state index contributed by atoms with van der Waals surface area (Å²) >= 11 is 0. The fraction of sp³-hybridized carbons (Fsp3) is 0.308. The van der Waals surface area contributed by atoms with Crippen molar-refractivity contribution < 1.29 is 4.79 Å². The number of nitrogens with one attached hydrogen (secondary N) is 1. The molecule has 0 saturated heterocycles. The molecule has 0 heterocycles. The third-order valence-electron chi connectivity index (χ3n) is 2.22. The molecule has 1 unspecified atom stereocenters. The van der Waals surface area contributed by atoms with E-state index in [0.717, 1.165) is 11.1 Å². The molecule has 0 spiro atoms. The van der Waals surface area contributed by atoms with E-state index in [1.54, 1.807) is 0 Å². The Morgan fingerprint density at radius 3 is 2.62 bits per heavy atom. The lowest BCUT2D eigenvalue weighted by atomic mass is 10.0. The van der Waals surface area contributed by atoms with Crippen LogP contribution in [0.15, 0.2) is 42.5 Å². The van der Waals surface area contributed by atoms with Crippen LogP contribution in [-0.4, -0.2) is 12.5 Å². The fourth-order valence-electron chi connectivity index (χ4n) is 1.34. The van der Waals surface area contributed by atoms with Gasteiger partial charge < -0.3 is 11.1 Å². The summed E-state index contributed by atoms with van der Waals surface area (Å²) in [5.41, 5.74) is 7.83. The third-order valence-corrected chi connectivity index (χ3v) is 2.22. The van der Waals surface area contributed by atoms with Crippen molar-refractivity contribution in [2.24, 2.45) is 5.73 Å². The Hall–Kier alpha value is -1.61. The average molecular weight is 218 g/mol. The van der Waals surface area contributed by atoms with Gasteiger partial charge in [-0.05, 0) is 12.5 Å². The van der Waals surface area contributed by atoms with Crippen LogP contribution in [-0.2, 0) is 4.79 Å². The van der Waals surface area contributed by atoms with E-state index >= 15 is 0 Å². The van der Waals surface area contributed by atoms with Crippen LogP contribution in [0.3, 0.4) is 0 Å². The molecule has 0 aliphatic carbocycles. The molecule has 3 N–H and O–H groups in total.